The van der Waals surface area contributed by atoms with Crippen LogP contribution < -0.4 is 10.6 Å². The van der Waals surface area contributed by atoms with E-state index in [1.165, 1.54) is 4.88 Å². The third-order valence-corrected chi connectivity index (χ3v) is 6.91. The van der Waals surface area contributed by atoms with Gasteiger partial charge < -0.3 is 5.32 Å². The standard InChI is InChI=1S/C23H27N3OS2/c1-13-8-14(2)10-15(9-13)20(27)25-22(28)26-21-18(12-24)17-7-6-16(23(3,4)5)11-19(17)29-21/h8-10,16H,6-7,11H2,1-5H3,(H2,25,26,27,28). The Labute approximate surface area is 182 Å². The van der Waals surface area contributed by atoms with Crippen molar-refractivity contribution >= 4 is 39.6 Å². The molecule has 152 valence electrons. The van der Waals surface area contributed by atoms with E-state index in [1.807, 2.05) is 32.0 Å². The summed E-state index contributed by atoms with van der Waals surface area (Å²) in [5.41, 5.74) is 4.69. The lowest BCUT2D eigenvalue weighted by Crippen LogP contribution is -2.34. The Morgan fingerprint density at radius 1 is 1.24 bits per heavy atom. The second-order valence-corrected chi connectivity index (χ2v) is 10.4. The molecule has 1 atom stereocenters. The molecule has 1 amide bonds. The van der Waals surface area contributed by atoms with Gasteiger partial charge >= 0.3 is 0 Å². The molecule has 3 rings (SSSR count). The highest BCUT2D eigenvalue weighted by molar-refractivity contribution is 7.80. The van der Waals surface area contributed by atoms with E-state index in [-0.39, 0.29) is 16.4 Å². The maximum Gasteiger partial charge on any atom is 0.257 e. The summed E-state index contributed by atoms with van der Waals surface area (Å²) >= 11 is 6.95. The lowest BCUT2D eigenvalue weighted by molar-refractivity contribution is 0.0977. The zero-order chi connectivity index (χ0) is 21.3. The Morgan fingerprint density at radius 2 is 1.90 bits per heavy atom. The Kier molecular flexibility index (Phi) is 6.11. The number of anilines is 1. The molecule has 1 aromatic heterocycles. The molecule has 0 saturated carbocycles. The Balaban J connectivity index is 1.75. The van der Waals surface area contributed by atoms with Crippen LogP contribution in [0.25, 0.3) is 0 Å². The molecule has 1 aliphatic rings. The van der Waals surface area contributed by atoms with Crippen LogP contribution >= 0.6 is 23.6 Å². The van der Waals surface area contributed by atoms with Crippen LogP contribution in [-0.2, 0) is 12.8 Å². The van der Waals surface area contributed by atoms with Crippen molar-refractivity contribution in [2.45, 2.75) is 53.9 Å². The minimum atomic E-state index is -0.248. The summed E-state index contributed by atoms with van der Waals surface area (Å²) in [6, 6.07) is 8.03. The van der Waals surface area contributed by atoms with E-state index in [0.717, 1.165) is 41.0 Å². The van der Waals surface area contributed by atoms with Gasteiger partial charge in [-0.25, -0.2) is 0 Å². The number of thiocarbonyl (C=S) groups is 1. The third kappa shape index (κ3) is 4.85. The molecule has 0 radical (unpaired) electrons. The quantitative estimate of drug-likeness (QED) is 0.622. The molecule has 1 aromatic carbocycles. The molecule has 6 heteroatoms. The highest BCUT2D eigenvalue weighted by Crippen LogP contribution is 2.43. The van der Waals surface area contributed by atoms with Crippen LogP contribution in [0, 0.1) is 36.5 Å². The lowest BCUT2D eigenvalue weighted by atomic mass is 9.72. The molecular weight excluding hydrogens is 398 g/mol. The van der Waals surface area contributed by atoms with Gasteiger partial charge in [0, 0.05) is 10.4 Å². The zero-order valence-corrected chi connectivity index (χ0v) is 19.2. The smallest absolute Gasteiger partial charge is 0.257 e. The van der Waals surface area contributed by atoms with Crippen molar-refractivity contribution in [1.29, 1.82) is 5.26 Å². The molecule has 4 nitrogen and oxygen atoms in total. The van der Waals surface area contributed by atoms with E-state index in [2.05, 4.69) is 37.5 Å². The van der Waals surface area contributed by atoms with E-state index in [9.17, 15) is 10.1 Å². The second kappa shape index (κ2) is 8.25. The van der Waals surface area contributed by atoms with Gasteiger partial charge in [0.05, 0.1) is 5.56 Å². The number of nitrogens with zero attached hydrogens (tertiary/aromatic N) is 1. The Bertz CT molecular complexity index is 988. The molecule has 29 heavy (non-hydrogen) atoms. The zero-order valence-electron chi connectivity index (χ0n) is 17.6. The SMILES string of the molecule is Cc1cc(C)cc(C(=O)NC(=S)Nc2sc3c(c2C#N)CCC(C(C)(C)C)C3)c1. The molecule has 0 aliphatic heterocycles. The first-order valence-electron chi connectivity index (χ1n) is 9.83. The van der Waals surface area contributed by atoms with Crippen LogP contribution in [-0.4, -0.2) is 11.0 Å². The maximum absolute atomic E-state index is 12.6. The van der Waals surface area contributed by atoms with Gasteiger partial charge in [-0.15, -0.1) is 11.3 Å². The fourth-order valence-electron chi connectivity index (χ4n) is 3.95. The fraction of sp³-hybridized carbons (Fsp3) is 0.435. The first-order chi connectivity index (χ1) is 13.6. The first-order valence-corrected chi connectivity index (χ1v) is 11.1. The van der Waals surface area contributed by atoms with Crippen LogP contribution in [0.15, 0.2) is 18.2 Å². The molecule has 0 fully saturated rings. The molecule has 1 unspecified atom stereocenters. The number of thiophene rings is 1. The van der Waals surface area contributed by atoms with Crippen molar-refractivity contribution in [3.05, 3.63) is 50.9 Å². The monoisotopic (exact) mass is 425 g/mol. The molecule has 1 aliphatic carbocycles. The van der Waals surface area contributed by atoms with Gasteiger partial charge in [0.1, 0.15) is 11.1 Å². The van der Waals surface area contributed by atoms with Crippen molar-refractivity contribution in [2.24, 2.45) is 11.3 Å². The van der Waals surface area contributed by atoms with Crippen molar-refractivity contribution in [3.63, 3.8) is 0 Å². The lowest BCUT2D eigenvalue weighted by Gasteiger charge is -2.33. The van der Waals surface area contributed by atoms with E-state index in [1.54, 1.807) is 11.3 Å². The molecule has 1 heterocycles. The molecule has 2 aromatic rings. The minimum Gasteiger partial charge on any atom is -0.323 e. The summed E-state index contributed by atoms with van der Waals surface area (Å²) in [6.45, 7) is 10.7. The topological polar surface area (TPSA) is 64.9 Å². The largest absolute Gasteiger partial charge is 0.323 e. The molecule has 2 N–H and O–H groups in total. The summed E-state index contributed by atoms with van der Waals surface area (Å²) in [6.07, 6.45) is 3.00. The average Bonchev–Trinajstić information content (AvgIpc) is 2.95. The Hall–Kier alpha value is -2.23. The van der Waals surface area contributed by atoms with Crippen LogP contribution in [0.4, 0.5) is 5.00 Å². The van der Waals surface area contributed by atoms with Crippen molar-refractivity contribution in [1.82, 2.24) is 5.32 Å². The number of rotatable bonds is 2. The van der Waals surface area contributed by atoms with Gasteiger partial charge in [-0.3, -0.25) is 10.1 Å². The highest BCUT2D eigenvalue weighted by atomic mass is 32.1. The number of aryl methyl sites for hydroxylation is 2. The van der Waals surface area contributed by atoms with Gasteiger partial charge in [0.15, 0.2) is 5.11 Å². The van der Waals surface area contributed by atoms with Crippen LogP contribution in [0.1, 0.15) is 64.7 Å². The van der Waals surface area contributed by atoms with Crippen LogP contribution in [0.3, 0.4) is 0 Å². The number of carbonyl (C=O) groups is 1. The van der Waals surface area contributed by atoms with Gasteiger partial charge in [-0.2, -0.15) is 5.26 Å². The van der Waals surface area contributed by atoms with E-state index in [0.29, 0.717) is 17.0 Å². The third-order valence-electron chi connectivity index (χ3n) is 5.54. The Morgan fingerprint density at radius 3 is 2.48 bits per heavy atom. The van der Waals surface area contributed by atoms with Gasteiger partial charge in [-0.05, 0) is 74.4 Å². The molecular formula is C23H27N3OS2. The van der Waals surface area contributed by atoms with Crippen LogP contribution in [0.5, 0.6) is 0 Å². The van der Waals surface area contributed by atoms with Crippen molar-refractivity contribution < 1.29 is 4.79 Å². The number of amides is 1. The predicted molar refractivity (Wildman–Crippen MR) is 124 cm³/mol. The molecule has 0 saturated heterocycles. The van der Waals surface area contributed by atoms with E-state index in [4.69, 9.17) is 12.2 Å². The van der Waals surface area contributed by atoms with Crippen LogP contribution in [0.2, 0.25) is 0 Å². The van der Waals surface area contributed by atoms with E-state index >= 15 is 0 Å². The number of hydrogen-bond acceptors (Lipinski definition) is 4. The first kappa shape index (κ1) is 21.5. The number of nitriles is 1. The summed E-state index contributed by atoms with van der Waals surface area (Å²) in [5.74, 6) is 0.353. The van der Waals surface area contributed by atoms with E-state index < -0.39 is 0 Å². The molecule has 0 bridgehead atoms. The maximum atomic E-state index is 12.6. The number of fused-ring (bicyclic) bond motifs is 1. The second-order valence-electron chi connectivity index (χ2n) is 8.91. The number of nitrogens with one attached hydrogen (secondary N) is 2. The number of carbonyl (C=O) groups excluding carboxylic acids is 1. The van der Waals surface area contributed by atoms with Gasteiger partial charge in [0.25, 0.3) is 5.91 Å². The minimum absolute atomic E-state index is 0.219. The summed E-state index contributed by atoms with van der Waals surface area (Å²) < 4.78 is 0. The summed E-state index contributed by atoms with van der Waals surface area (Å²) in [5, 5.41) is 16.5. The fourth-order valence-corrected chi connectivity index (χ4v) is 5.49. The average molecular weight is 426 g/mol. The molecule has 0 spiro atoms. The van der Waals surface area contributed by atoms with Crippen molar-refractivity contribution in [3.8, 4) is 6.07 Å². The number of benzene rings is 1. The van der Waals surface area contributed by atoms with Gasteiger partial charge in [0.2, 0.25) is 0 Å². The van der Waals surface area contributed by atoms with Gasteiger partial charge in [-0.1, -0.05) is 38.0 Å². The number of hydrogen-bond donors (Lipinski definition) is 2. The normalized spacial score (nSPS) is 15.9. The highest BCUT2D eigenvalue weighted by Gasteiger charge is 2.32. The predicted octanol–water partition coefficient (Wildman–Crippen LogP) is 5.51. The summed E-state index contributed by atoms with van der Waals surface area (Å²) in [7, 11) is 0. The summed E-state index contributed by atoms with van der Waals surface area (Å²) in [4.78, 5) is 13.8. The van der Waals surface area contributed by atoms with Crippen molar-refractivity contribution in [2.75, 3.05) is 5.32 Å².